The highest BCUT2D eigenvalue weighted by Gasteiger charge is 2.35. The summed E-state index contributed by atoms with van der Waals surface area (Å²) in [6, 6.07) is 3.69. The number of anilines is 1. The summed E-state index contributed by atoms with van der Waals surface area (Å²) in [5.74, 6) is -4.92. The van der Waals surface area contributed by atoms with Crippen LogP contribution >= 0.6 is 0 Å². The Morgan fingerprint density at radius 1 is 0.544 bits per heavy atom. The van der Waals surface area contributed by atoms with Crippen molar-refractivity contribution in [2.24, 2.45) is 0 Å². The first-order valence-corrected chi connectivity index (χ1v) is 38.4. The molecule has 4 amide bonds. The van der Waals surface area contributed by atoms with Gasteiger partial charge in [-0.05, 0) is 198 Å². The molecule has 103 heavy (non-hydrogen) atoms. The molecule has 1 aromatic carbocycles. The summed E-state index contributed by atoms with van der Waals surface area (Å²) in [6.45, 7) is 30.5. The largest absolute Gasteiger partial charge is 0.494 e. The Balaban J connectivity index is 1.32. The number of amides is 4. The molecule has 2 atom stereocenters. The summed E-state index contributed by atoms with van der Waals surface area (Å²) in [4.78, 5) is 133. The Bertz CT molecular complexity index is 3400. The molecule has 2 aliphatic rings. The Hall–Kier alpha value is -6.94. The lowest BCUT2D eigenvalue weighted by Gasteiger charge is -2.34. The number of benzene rings is 1. The standard InChI is InChI=1S/C71H116N10O20S2/c1-49-41-53(42-50(2)63(49)103(94,95)76-54(65(89)100-70(12,13)14)43-73-58(84)26-19-18-24-52-29-28-51-23-21-31-81(64(51)74-52)66(90)101-71(15,16)17)96-40-22-27-57(83)72-30-20-25-56(82)55(48-102(91,92)93)75-59(85)44-77-32-34-78(45-60(86)97-67(3,4)5)36-38-80(47-62(88)99-69(9,10)11)39-37-79(35-33-77)46-61(87)98-68(6,7)8/h28-29,41-42,54-55,76H,18-27,30-40,43-48H2,1-17H3,(H,72,83)(H,73,84)(H,75,85)(H,91,92,93)/t54?,55-/m0/s1. The van der Waals surface area contributed by atoms with Crippen LogP contribution in [0.5, 0.6) is 5.75 Å². The third-order valence-corrected chi connectivity index (χ3v) is 18.0. The average Bonchev–Trinajstić information content (AvgIpc) is 0.791. The number of nitrogens with one attached hydrogen (secondary N) is 4. The van der Waals surface area contributed by atoms with Crippen molar-refractivity contribution in [1.29, 1.82) is 0 Å². The van der Waals surface area contributed by atoms with Crippen molar-refractivity contribution in [3.8, 4) is 5.75 Å². The second-order valence-corrected chi connectivity index (χ2v) is 34.4. The molecule has 1 saturated heterocycles. The summed E-state index contributed by atoms with van der Waals surface area (Å²) in [6.07, 6.45) is 2.67. The molecule has 32 heteroatoms. The minimum absolute atomic E-state index is 0.0108. The van der Waals surface area contributed by atoms with Gasteiger partial charge in [-0.3, -0.25) is 67.4 Å². The monoisotopic (exact) mass is 1490 g/mol. The number of fused-ring (bicyclic) bond motifs is 1. The van der Waals surface area contributed by atoms with E-state index >= 15 is 0 Å². The van der Waals surface area contributed by atoms with Crippen LogP contribution < -0.4 is 30.3 Å². The highest BCUT2D eigenvalue weighted by Crippen LogP contribution is 2.29. The Morgan fingerprint density at radius 3 is 1.49 bits per heavy atom. The fraction of sp³-hybridized carbons (Fsp3) is 0.718. The number of ketones is 1. The van der Waals surface area contributed by atoms with E-state index in [1.165, 1.54) is 12.1 Å². The molecule has 582 valence electrons. The van der Waals surface area contributed by atoms with Gasteiger partial charge in [0.05, 0.1) is 37.7 Å². The number of pyridine rings is 1. The van der Waals surface area contributed by atoms with Gasteiger partial charge in [-0.2, -0.15) is 13.1 Å². The van der Waals surface area contributed by atoms with E-state index in [2.05, 4.69) is 20.7 Å². The van der Waals surface area contributed by atoms with Gasteiger partial charge in [0.2, 0.25) is 27.7 Å². The number of hydrogen-bond donors (Lipinski definition) is 5. The number of aromatic nitrogens is 1. The van der Waals surface area contributed by atoms with Crippen LogP contribution in [-0.2, 0) is 95.0 Å². The molecule has 2 aromatic rings. The number of rotatable bonds is 32. The fourth-order valence-corrected chi connectivity index (χ4v) is 13.5. The van der Waals surface area contributed by atoms with Crippen LogP contribution in [0.25, 0.3) is 0 Å². The zero-order valence-corrected chi connectivity index (χ0v) is 65.4. The maximum absolute atomic E-state index is 14.1. The highest BCUT2D eigenvalue weighted by molar-refractivity contribution is 7.89. The number of sulfonamides is 1. The predicted octanol–water partition coefficient (Wildman–Crippen LogP) is 5.15. The van der Waals surface area contributed by atoms with E-state index in [4.69, 9.17) is 33.4 Å². The quantitative estimate of drug-likeness (QED) is 0.0274. The molecule has 1 unspecified atom stereocenters. The molecule has 0 saturated carbocycles. The molecule has 2 aliphatic heterocycles. The molecular weight excluding hydrogens is 1380 g/mol. The van der Waals surface area contributed by atoms with Crippen LogP contribution in [-0.4, -0.2) is 250 Å². The van der Waals surface area contributed by atoms with Crippen molar-refractivity contribution in [1.82, 2.24) is 45.3 Å². The van der Waals surface area contributed by atoms with Crippen LogP contribution in [0.4, 0.5) is 10.6 Å². The van der Waals surface area contributed by atoms with E-state index in [0.29, 0.717) is 50.5 Å². The summed E-state index contributed by atoms with van der Waals surface area (Å²) < 4.78 is 99.0. The van der Waals surface area contributed by atoms with Crippen molar-refractivity contribution < 1.29 is 93.0 Å². The second kappa shape index (κ2) is 39.4. The number of esters is 4. The van der Waals surface area contributed by atoms with Gasteiger partial charge in [0.1, 0.15) is 57.4 Å². The molecule has 0 spiro atoms. The van der Waals surface area contributed by atoms with Crippen LogP contribution in [0.1, 0.15) is 178 Å². The fourth-order valence-electron chi connectivity index (χ4n) is 11.1. The van der Waals surface area contributed by atoms with Gasteiger partial charge in [-0.1, -0.05) is 6.07 Å². The molecule has 30 nitrogen and oxygen atoms in total. The lowest BCUT2D eigenvalue weighted by Crippen LogP contribution is -2.52. The van der Waals surface area contributed by atoms with Crippen molar-refractivity contribution in [2.75, 3.05) is 115 Å². The Kier molecular flexibility index (Phi) is 33.9. The van der Waals surface area contributed by atoms with Crippen LogP contribution in [0.3, 0.4) is 0 Å². The normalized spacial score (nSPS) is 16.0. The van der Waals surface area contributed by atoms with Gasteiger partial charge >= 0.3 is 30.0 Å². The molecular formula is C71H116N10O20S2. The minimum Gasteiger partial charge on any atom is -0.494 e. The van der Waals surface area contributed by atoms with Crippen molar-refractivity contribution in [2.45, 2.75) is 227 Å². The first-order chi connectivity index (χ1) is 47.5. The molecule has 5 N–H and O–H groups in total. The lowest BCUT2D eigenvalue weighted by atomic mass is 10.0. The second-order valence-electron chi connectivity index (χ2n) is 31.2. The molecule has 4 rings (SSSR count). The number of carbonyl (C=O) groups excluding carboxylic acids is 9. The third kappa shape index (κ3) is 36.1. The van der Waals surface area contributed by atoms with E-state index in [9.17, 15) is 64.5 Å². The topological polar surface area (TPSA) is 375 Å². The van der Waals surface area contributed by atoms with E-state index in [0.717, 1.165) is 24.1 Å². The van der Waals surface area contributed by atoms with Crippen molar-refractivity contribution in [3.05, 3.63) is 46.6 Å². The summed E-state index contributed by atoms with van der Waals surface area (Å²) >= 11 is 0. The van der Waals surface area contributed by atoms with Gasteiger partial charge in [0.15, 0.2) is 5.78 Å². The van der Waals surface area contributed by atoms with Crippen LogP contribution in [0.2, 0.25) is 0 Å². The number of hydrogen-bond acceptors (Lipinski definition) is 24. The zero-order valence-electron chi connectivity index (χ0n) is 63.8. The number of ether oxygens (including phenoxy) is 6. The number of carbonyl (C=O) groups is 9. The Morgan fingerprint density at radius 2 is 1.01 bits per heavy atom. The highest BCUT2D eigenvalue weighted by atomic mass is 32.2. The van der Waals surface area contributed by atoms with Gasteiger partial charge in [-0.15, -0.1) is 0 Å². The number of Topliss-reactive ketones (excluding diaryl/α,β-unsaturated/α-hetero) is 1. The smallest absolute Gasteiger partial charge is 0.416 e. The van der Waals surface area contributed by atoms with E-state index in [1.54, 1.807) is 128 Å². The van der Waals surface area contributed by atoms with Crippen LogP contribution in [0.15, 0.2) is 29.2 Å². The molecule has 1 aromatic heterocycles. The first kappa shape index (κ1) is 88.5. The molecule has 0 radical (unpaired) electrons. The third-order valence-electron chi connectivity index (χ3n) is 15.4. The van der Waals surface area contributed by atoms with E-state index in [1.807, 2.05) is 26.8 Å². The van der Waals surface area contributed by atoms with Crippen molar-refractivity contribution >= 4 is 79.4 Å². The summed E-state index contributed by atoms with van der Waals surface area (Å²) in [5.41, 5.74) is -1.73. The minimum atomic E-state index is -4.81. The van der Waals surface area contributed by atoms with Crippen LogP contribution in [0, 0.1) is 13.8 Å². The maximum Gasteiger partial charge on any atom is 0.416 e. The summed E-state index contributed by atoms with van der Waals surface area (Å²) in [7, 11) is -9.24. The number of unbranched alkanes of at least 4 members (excludes halogenated alkanes) is 1. The molecule has 1 fully saturated rings. The van der Waals surface area contributed by atoms with Gasteiger partial charge < -0.3 is 44.4 Å². The SMILES string of the molecule is Cc1cc(OCCCC(=O)NCCCC(=O)[C@H](CS(=O)(=O)O)NC(=O)CN2CCN(CC(=O)OC(C)(C)C)CCN(CC(=O)OC(C)(C)C)CCN(CC(=O)OC(C)(C)C)CC2)cc(C)c1S(=O)(=O)NC(CNC(=O)CCCCc1ccc2c(n1)N(C(=O)OC(C)(C)C)CCC2)C(=O)OC(C)(C)C. The summed E-state index contributed by atoms with van der Waals surface area (Å²) in [5, 5.41) is 7.86. The van der Waals surface area contributed by atoms with Gasteiger partial charge in [0, 0.05) is 96.9 Å². The molecule has 0 bridgehead atoms. The average molecular weight is 1490 g/mol. The number of aryl methyl sites for hydroxylation is 4. The predicted molar refractivity (Wildman–Crippen MR) is 386 cm³/mol. The maximum atomic E-state index is 14.1. The Labute approximate surface area is 609 Å². The van der Waals surface area contributed by atoms with Gasteiger partial charge in [0.25, 0.3) is 10.1 Å². The molecule has 3 heterocycles. The van der Waals surface area contributed by atoms with E-state index < -0.39 is 126 Å². The zero-order chi connectivity index (χ0) is 77.5. The van der Waals surface area contributed by atoms with Gasteiger partial charge in [-0.25, -0.2) is 18.2 Å². The first-order valence-electron chi connectivity index (χ1n) is 35.3. The van der Waals surface area contributed by atoms with Crippen molar-refractivity contribution in [3.63, 3.8) is 0 Å². The lowest BCUT2D eigenvalue weighted by molar-refractivity contribution is -0.158. The molecule has 0 aliphatic carbocycles. The van der Waals surface area contributed by atoms with E-state index in [-0.39, 0.29) is 127 Å². The number of nitrogens with zero attached hydrogens (tertiary/aromatic N) is 6.